The second-order valence-corrected chi connectivity index (χ2v) is 4.56. The topological polar surface area (TPSA) is 42.0 Å². The van der Waals surface area contributed by atoms with Crippen LogP contribution in [-0.4, -0.2) is 10.9 Å². The molecular formula is C12H11FN2OS. The lowest BCUT2D eigenvalue weighted by Gasteiger charge is -2.11. The molecule has 2 aromatic heterocycles. The van der Waals surface area contributed by atoms with E-state index in [9.17, 15) is 9.18 Å². The molecule has 0 aromatic carbocycles. The summed E-state index contributed by atoms with van der Waals surface area (Å²) in [5.41, 5.74) is 0.279. The zero-order valence-electron chi connectivity index (χ0n) is 9.18. The predicted octanol–water partition coefficient (Wildman–Crippen LogP) is 2.77. The molecule has 17 heavy (non-hydrogen) atoms. The Hall–Kier alpha value is -1.75. The van der Waals surface area contributed by atoms with Crippen molar-refractivity contribution in [2.24, 2.45) is 0 Å². The van der Waals surface area contributed by atoms with Gasteiger partial charge >= 0.3 is 0 Å². The molecule has 0 spiro atoms. The Bertz CT molecular complexity index is 513. The van der Waals surface area contributed by atoms with Gasteiger partial charge in [0, 0.05) is 22.7 Å². The third kappa shape index (κ3) is 2.88. The fourth-order valence-electron chi connectivity index (χ4n) is 1.43. The number of carbonyl (C=O) groups excluding carboxylic acids is 1. The van der Waals surface area contributed by atoms with E-state index in [4.69, 9.17) is 0 Å². The van der Waals surface area contributed by atoms with Crippen LogP contribution >= 0.6 is 11.3 Å². The Morgan fingerprint density at radius 1 is 1.53 bits per heavy atom. The Morgan fingerprint density at radius 3 is 3.00 bits per heavy atom. The largest absolute Gasteiger partial charge is 0.345 e. The first-order chi connectivity index (χ1) is 8.16. The number of aromatic nitrogens is 1. The van der Waals surface area contributed by atoms with E-state index >= 15 is 0 Å². The third-order valence-corrected chi connectivity index (χ3v) is 3.36. The molecule has 0 aliphatic rings. The van der Waals surface area contributed by atoms with Gasteiger partial charge in [-0.05, 0) is 24.4 Å². The maximum atomic E-state index is 12.8. The monoisotopic (exact) mass is 250 g/mol. The van der Waals surface area contributed by atoms with Gasteiger partial charge in [-0.3, -0.25) is 4.79 Å². The highest BCUT2D eigenvalue weighted by Crippen LogP contribution is 2.18. The van der Waals surface area contributed by atoms with Crippen molar-refractivity contribution in [3.05, 3.63) is 52.2 Å². The molecule has 0 fully saturated rings. The van der Waals surface area contributed by atoms with E-state index in [1.54, 1.807) is 11.3 Å². The fourth-order valence-corrected chi connectivity index (χ4v) is 2.17. The molecule has 3 nitrogen and oxygen atoms in total. The maximum absolute atomic E-state index is 12.8. The van der Waals surface area contributed by atoms with E-state index in [2.05, 4.69) is 10.3 Å². The molecule has 0 aliphatic carbocycles. The summed E-state index contributed by atoms with van der Waals surface area (Å²) in [4.78, 5) is 16.3. The average Bonchev–Trinajstić information content (AvgIpc) is 2.82. The summed E-state index contributed by atoms with van der Waals surface area (Å²) in [6.45, 7) is 1.89. The van der Waals surface area contributed by atoms with Gasteiger partial charge in [-0.15, -0.1) is 11.3 Å². The Kier molecular flexibility index (Phi) is 3.49. The molecule has 0 aliphatic heterocycles. The van der Waals surface area contributed by atoms with Crippen molar-refractivity contribution in [2.45, 2.75) is 13.0 Å². The Morgan fingerprint density at radius 2 is 2.35 bits per heavy atom. The molecule has 0 saturated heterocycles. The number of thiophene rings is 1. The van der Waals surface area contributed by atoms with Gasteiger partial charge in [0.1, 0.15) is 0 Å². The molecule has 1 N–H and O–H groups in total. The van der Waals surface area contributed by atoms with Gasteiger partial charge < -0.3 is 5.32 Å². The lowest BCUT2D eigenvalue weighted by molar-refractivity contribution is 0.0940. The lowest BCUT2D eigenvalue weighted by Crippen LogP contribution is -2.26. The van der Waals surface area contributed by atoms with Crippen LogP contribution in [0.5, 0.6) is 0 Å². The van der Waals surface area contributed by atoms with Crippen molar-refractivity contribution in [3.8, 4) is 0 Å². The van der Waals surface area contributed by atoms with Gasteiger partial charge in [0.25, 0.3) is 5.91 Å². The molecular weight excluding hydrogens is 239 g/mol. The van der Waals surface area contributed by atoms with Gasteiger partial charge in [0.05, 0.1) is 6.04 Å². The van der Waals surface area contributed by atoms with E-state index in [1.807, 2.05) is 24.4 Å². The fraction of sp³-hybridized carbons (Fsp3) is 0.167. The molecule has 0 radical (unpaired) electrons. The highest BCUT2D eigenvalue weighted by molar-refractivity contribution is 7.10. The van der Waals surface area contributed by atoms with Crippen LogP contribution in [0.2, 0.25) is 0 Å². The minimum atomic E-state index is -0.651. The van der Waals surface area contributed by atoms with Gasteiger partial charge in [-0.25, -0.2) is 4.98 Å². The maximum Gasteiger partial charge on any atom is 0.251 e. The number of hydrogen-bond acceptors (Lipinski definition) is 3. The summed E-state index contributed by atoms with van der Waals surface area (Å²) in [6, 6.07) is 6.40. The first kappa shape index (κ1) is 11.7. The van der Waals surface area contributed by atoms with Gasteiger partial charge in [-0.2, -0.15) is 4.39 Å². The standard InChI is InChI=1S/C12H11FN2OS/c1-8(10-3-2-6-17-10)15-12(16)9-4-5-14-11(13)7-9/h2-8H,1H3,(H,15,16). The molecule has 2 heterocycles. The van der Waals surface area contributed by atoms with Crippen molar-refractivity contribution in [1.82, 2.24) is 10.3 Å². The number of rotatable bonds is 3. The van der Waals surface area contributed by atoms with E-state index in [1.165, 1.54) is 12.3 Å². The average molecular weight is 250 g/mol. The number of pyridine rings is 1. The van der Waals surface area contributed by atoms with E-state index in [0.29, 0.717) is 0 Å². The number of amides is 1. The van der Waals surface area contributed by atoms with Crippen LogP contribution in [0.4, 0.5) is 4.39 Å². The molecule has 0 bridgehead atoms. The zero-order chi connectivity index (χ0) is 12.3. The molecule has 5 heteroatoms. The van der Waals surface area contributed by atoms with Crippen LogP contribution in [0, 0.1) is 5.95 Å². The number of nitrogens with one attached hydrogen (secondary N) is 1. The van der Waals surface area contributed by atoms with Crippen molar-refractivity contribution in [2.75, 3.05) is 0 Å². The van der Waals surface area contributed by atoms with Crippen LogP contribution in [-0.2, 0) is 0 Å². The molecule has 88 valence electrons. The number of nitrogens with zero attached hydrogens (tertiary/aromatic N) is 1. The summed E-state index contributed by atoms with van der Waals surface area (Å²) in [5, 5.41) is 4.75. The summed E-state index contributed by atoms with van der Waals surface area (Å²) < 4.78 is 12.8. The van der Waals surface area contributed by atoms with Crippen molar-refractivity contribution < 1.29 is 9.18 Å². The van der Waals surface area contributed by atoms with Crippen LogP contribution in [0.15, 0.2) is 35.8 Å². The number of hydrogen-bond donors (Lipinski definition) is 1. The lowest BCUT2D eigenvalue weighted by atomic mass is 10.2. The van der Waals surface area contributed by atoms with Crippen LogP contribution in [0.3, 0.4) is 0 Å². The molecule has 2 aromatic rings. The van der Waals surface area contributed by atoms with Crippen LogP contribution < -0.4 is 5.32 Å². The molecule has 0 saturated carbocycles. The van der Waals surface area contributed by atoms with Gasteiger partial charge in [0.15, 0.2) is 0 Å². The quantitative estimate of drug-likeness (QED) is 0.851. The Balaban J connectivity index is 2.07. The van der Waals surface area contributed by atoms with Gasteiger partial charge in [0.2, 0.25) is 5.95 Å². The van der Waals surface area contributed by atoms with Crippen molar-refractivity contribution >= 4 is 17.2 Å². The molecule has 2 rings (SSSR count). The van der Waals surface area contributed by atoms with E-state index < -0.39 is 5.95 Å². The first-order valence-electron chi connectivity index (χ1n) is 5.12. The highest BCUT2D eigenvalue weighted by Gasteiger charge is 2.12. The summed E-state index contributed by atoms with van der Waals surface area (Å²) in [7, 11) is 0. The van der Waals surface area contributed by atoms with Crippen molar-refractivity contribution in [3.63, 3.8) is 0 Å². The van der Waals surface area contributed by atoms with Crippen LogP contribution in [0.25, 0.3) is 0 Å². The van der Waals surface area contributed by atoms with E-state index in [-0.39, 0.29) is 17.5 Å². The highest BCUT2D eigenvalue weighted by atomic mass is 32.1. The minimum absolute atomic E-state index is 0.0845. The zero-order valence-corrected chi connectivity index (χ0v) is 10.00. The normalized spacial score (nSPS) is 12.1. The predicted molar refractivity (Wildman–Crippen MR) is 64.4 cm³/mol. The summed E-state index contributed by atoms with van der Waals surface area (Å²) >= 11 is 1.57. The second kappa shape index (κ2) is 5.05. The van der Waals surface area contributed by atoms with Crippen molar-refractivity contribution in [1.29, 1.82) is 0 Å². The number of carbonyl (C=O) groups is 1. The number of halogens is 1. The SMILES string of the molecule is CC(NC(=O)c1ccnc(F)c1)c1cccs1. The minimum Gasteiger partial charge on any atom is -0.345 e. The molecule has 1 atom stereocenters. The molecule has 1 amide bonds. The smallest absolute Gasteiger partial charge is 0.251 e. The third-order valence-electron chi connectivity index (χ3n) is 2.31. The second-order valence-electron chi connectivity index (χ2n) is 3.58. The first-order valence-corrected chi connectivity index (χ1v) is 6.00. The summed E-state index contributed by atoms with van der Waals surface area (Å²) in [5.74, 6) is -0.950. The van der Waals surface area contributed by atoms with Gasteiger partial charge in [-0.1, -0.05) is 6.07 Å². The summed E-state index contributed by atoms with van der Waals surface area (Å²) in [6.07, 6.45) is 1.28. The van der Waals surface area contributed by atoms with E-state index in [0.717, 1.165) is 10.9 Å². The van der Waals surface area contributed by atoms with Crippen LogP contribution in [0.1, 0.15) is 28.2 Å². The molecule has 1 unspecified atom stereocenters. The Labute approximate surface area is 102 Å².